The summed E-state index contributed by atoms with van der Waals surface area (Å²) < 4.78 is 10.6. The van der Waals surface area contributed by atoms with Crippen molar-refractivity contribution in [1.82, 2.24) is 0 Å². The average molecular weight is 230 g/mol. The maximum Gasteiger partial charge on any atom is 0.101 e. The molecule has 3 heteroatoms. The van der Waals surface area contributed by atoms with Gasteiger partial charge in [0.15, 0.2) is 0 Å². The third-order valence-electron chi connectivity index (χ3n) is 3.23. The van der Waals surface area contributed by atoms with Crippen molar-refractivity contribution < 1.29 is 14.6 Å². The molecule has 1 N–H and O–H groups in total. The molecular formula is C13H26O3. The minimum Gasteiger partial charge on any atom is -0.388 e. The van der Waals surface area contributed by atoms with Crippen molar-refractivity contribution in [1.29, 1.82) is 0 Å². The zero-order valence-electron chi connectivity index (χ0n) is 11.0. The Bertz CT molecular complexity index is 203. The maximum absolute atomic E-state index is 9.53. The first-order valence-electron chi connectivity index (χ1n) is 6.21. The smallest absolute Gasteiger partial charge is 0.101 e. The molecule has 0 spiro atoms. The van der Waals surface area contributed by atoms with E-state index >= 15 is 0 Å². The number of aliphatic hydroxyl groups is 1. The Morgan fingerprint density at radius 1 is 1.31 bits per heavy atom. The van der Waals surface area contributed by atoms with E-state index in [1.165, 1.54) is 6.42 Å². The van der Waals surface area contributed by atoms with Gasteiger partial charge >= 0.3 is 0 Å². The molecule has 16 heavy (non-hydrogen) atoms. The molecule has 3 atom stereocenters. The Morgan fingerprint density at radius 2 is 2.00 bits per heavy atom. The van der Waals surface area contributed by atoms with Crippen molar-refractivity contribution in [2.45, 2.75) is 52.2 Å². The molecule has 0 aliphatic heterocycles. The van der Waals surface area contributed by atoms with Crippen LogP contribution in [0.5, 0.6) is 0 Å². The molecule has 1 saturated carbocycles. The fourth-order valence-corrected chi connectivity index (χ4v) is 2.87. The van der Waals surface area contributed by atoms with Crippen LogP contribution in [0.3, 0.4) is 0 Å². The van der Waals surface area contributed by atoms with Gasteiger partial charge in [-0.05, 0) is 30.6 Å². The first kappa shape index (κ1) is 13.9. The summed E-state index contributed by atoms with van der Waals surface area (Å²) in [5, 5.41) is 9.53. The van der Waals surface area contributed by atoms with Gasteiger partial charge in [-0.15, -0.1) is 0 Å². The third kappa shape index (κ3) is 4.81. The summed E-state index contributed by atoms with van der Waals surface area (Å²) in [5.74, 6) is 0.716. The second-order valence-electron chi connectivity index (χ2n) is 5.98. The number of methoxy groups -OCH3 is 1. The van der Waals surface area contributed by atoms with Crippen molar-refractivity contribution in [2.24, 2.45) is 11.3 Å². The lowest BCUT2D eigenvalue weighted by Gasteiger charge is -2.39. The topological polar surface area (TPSA) is 38.7 Å². The lowest BCUT2D eigenvalue weighted by molar-refractivity contribution is -0.0695. The molecular weight excluding hydrogens is 204 g/mol. The molecule has 1 rings (SSSR count). The molecule has 3 nitrogen and oxygen atoms in total. The van der Waals surface area contributed by atoms with Gasteiger partial charge in [0.2, 0.25) is 0 Å². The van der Waals surface area contributed by atoms with Gasteiger partial charge in [0, 0.05) is 7.11 Å². The van der Waals surface area contributed by atoms with E-state index in [0.29, 0.717) is 30.7 Å². The Balaban J connectivity index is 2.31. The minimum absolute atomic E-state index is 0.297. The molecule has 0 aromatic carbocycles. The summed E-state index contributed by atoms with van der Waals surface area (Å²) in [5.41, 5.74) is 0.370. The fraction of sp³-hybridized carbons (Fsp3) is 1.00. The van der Waals surface area contributed by atoms with Crippen LogP contribution in [0.4, 0.5) is 0 Å². The zero-order chi connectivity index (χ0) is 12.2. The van der Waals surface area contributed by atoms with E-state index in [2.05, 4.69) is 20.8 Å². The SMILES string of the molecule is COCC(O)COC1CC(C)CC(C)(C)C1. The summed E-state index contributed by atoms with van der Waals surface area (Å²) in [7, 11) is 1.59. The van der Waals surface area contributed by atoms with E-state index in [1.807, 2.05) is 0 Å². The average Bonchev–Trinajstić information content (AvgIpc) is 2.12. The fourth-order valence-electron chi connectivity index (χ4n) is 2.87. The van der Waals surface area contributed by atoms with E-state index in [0.717, 1.165) is 12.8 Å². The highest BCUT2D eigenvalue weighted by molar-refractivity contribution is 4.83. The highest BCUT2D eigenvalue weighted by Gasteiger charge is 2.32. The largest absolute Gasteiger partial charge is 0.388 e. The summed E-state index contributed by atoms with van der Waals surface area (Å²) in [6.07, 6.45) is 3.28. The van der Waals surface area contributed by atoms with Gasteiger partial charge in [-0.3, -0.25) is 0 Å². The zero-order valence-corrected chi connectivity index (χ0v) is 11.0. The Morgan fingerprint density at radius 3 is 2.56 bits per heavy atom. The predicted molar refractivity (Wildman–Crippen MR) is 64.4 cm³/mol. The lowest BCUT2D eigenvalue weighted by Crippen LogP contribution is -2.34. The highest BCUT2D eigenvalue weighted by atomic mass is 16.5. The molecule has 0 amide bonds. The Kier molecular flexibility index (Phi) is 5.22. The number of hydrogen-bond acceptors (Lipinski definition) is 3. The van der Waals surface area contributed by atoms with E-state index in [1.54, 1.807) is 7.11 Å². The summed E-state index contributed by atoms with van der Waals surface area (Å²) in [4.78, 5) is 0. The van der Waals surface area contributed by atoms with E-state index < -0.39 is 6.10 Å². The molecule has 0 aromatic heterocycles. The molecule has 0 bridgehead atoms. The van der Waals surface area contributed by atoms with Crippen LogP contribution < -0.4 is 0 Å². The molecule has 0 heterocycles. The number of aliphatic hydroxyl groups excluding tert-OH is 1. The van der Waals surface area contributed by atoms with Gasteiger partial charge in [-0.25, -0.2) is 0 Å². The van der Waals surface area contributed by atoms with Crippen LogP contribution in [0, 0.1) is 11.3 Å². The van der Waals surface area contributed by atoms with Crippen molar-refractivity contribution in [2.75, 3.05) is 20.3 Å². The van der Waals surface area contributed by atoms with Gasteiger partial charge in [0.25, 0.3) is 0 Å². The van der Waals surface area contributed by atoms with Crippen LogP contribution in [0.1, 0.15) is 40.0 Å². The number of ether oxygens (including phenoxy) is 2. The molecule has 0 aromatic rings. The molecule has 0 saturated heterocycles. The van der Waals surface area contributed by atoms with E-state index in [-0.39, 0.29) is 0 Å². The van der Waals surface area contributed by atoms with Crippen LogP contribution in [-0.2, 0) is 9.47 Å². The molecule has 0 radical (unpaired) electrons. The summed E-state index contributed by atoms with van der Waals surface area (Å²) >= 11 is 0. The van der Waals surface area contributed by atoms with Crippen LogP contribution in [0.2, 0.25) is 0 Å². The summed E-state index contributed by atoms with van der Waals surface area (Å²) in [6, 6.07) is 0. The molecule has 1 aliphatic rings. The first-order chi connectivity index (χ1) is 7.43. The molecule has 96 valence electrons. The third-order valence-corrected chi connectivity index (χ3v) is 3.23. The highest BCUT2D eigenvalue weighted by Crippen LogP contribution is 2.39. The second-order valence-corrected chi connectivity index (χ2v) is 5.98. The quantitative estimate of drug-likeness (QED) is 0.787. The van der Waals surface area contributed by atoms with Crippen molar-refractivity contribution in [3.05, 3.63) is 0 Å². The Labute approximate surface area is 99.1 Å². The van der Waals surface area contributed by atoms with Crippen molar-refractivity contribution in [3.63, 3.8) is 0 Å². The summed E-state index contributed by atoms with van der Waals surface area (Å²) in [6.45, 7) is 7.62. The molecule has 1 aliphatic carbocycles. The van der Waals surface area contributed by atoms with Crippen molar-refractivity contribution >= 4 is 0 Å². The standard InChI is InChI=1S/C13H26O3/c1-10-5-12(7-13(2,3)6-10)16-9-11(14)8-15-4/h10-12,14H,5-9H2,1-4H3. The van der Waals surface area contributed by atoms with E-state index in [4.69, 9.17) is 9.47 Å². The molecule has 1 fully saturated rings. The minimum atomic E-state index is -0.495. The van der Waals surface area contributed by atoms with Crippen molar-refractivity contribution in [3.8, 4) is 0 Å². The van der Waals surface area contributed by atoms with Crippen LogP contribution >= 0.6 is 0 Å². The second kappa shape index (κ2) is 5.99. The monoisotopic (exact) mass is 230 g/mol. The maximum atomic E-state index is 9.53. The Hall–Kier alpha value is -0.120. The van der Waals surface area contributed by atoms with Crippen LogP contribution in [0.25, 0.3) is 0 Å². The molecule has 3 unspecified atom stereocenters. The normalized spacial score (nSPS) is 31.3. The van der Waals surface area contributed by atoms with Gasteiger partial charge in [0.05, 0.1) is 19.3 Å². The van der Waals surface area contributed by atoms with E-state index in [9.17, 15) is 5.11 Å². The number of rotatable bonds is 5. The van der Waals surface area contributed by atoms with Gasteiger partial charge < -0.3 is 14.6 Å². The van der Waals surface area contributed by atoms with Gasteiger partial charge in [-0.1, -0.05) is 20.8 Å². The van der Waals surface area contributed by atoms with Gasteiger partial charge in [-0.2, -0.15) is 0 Å². The number of hydrogen-bond donors (Lipinski definition) is 1. The van der Waals surface area contributed by atoms with Crippen LogP contribution in [-0.4, -0.2) is 37.6 Å². The lowest BCUT2D eigenvalue weighted by atomic mass is 9.71. The van der Waals surface area contributed by atoms with Crippen LogP contribution in [0.15, 0.2) is 0 Å². The predicted octanol–water partition coefficient (Wildman–Crippen LogP) is 2.23. The first-order valence-corrected chi connectivity index (χ1v) is 6.21. The van der Waals surface area contributed by atoms with Gasteiger partial charge in [0.1, 0.15) is 6.10 Å².